The number of nitrogens with two attached hydrogens (primary N) is 1. The normalized spacial score (nSPS) is 11.7. The Morgan fingerprint density at radius 1 is 1.00 bits per heavy atom. The Bertz CT molecular complexity index is 1200. The summed E-state index contributed by atoms with van der Waals surface area (Å²) in [5, 5.41) is 3.33. The standard InChI is InChI=1S/C26H23FN4O/c27-21-10-4-6-18(16-21)13-15-30-26-22(24(25(28)32)20-9-5-14-29-17-20)11-12-23(31-26)19-7-2-1-3-8-19/h1-12,14,16-17,24H,13,15H2,(H2,28,32)(H,30,31). The van der Waals surface area contributed by atoms with Gasteiger partial charge in [0, 0.05) is 30.1 Å². The summed E-state index contributed by atoms with van der Waals surface area (Å²) >= 11 is 0. The zero-order valence-electron chi connectivity index (χ0n) is 17.4. The van der Waals surface area contributed by atoms with Gasteiger partial charge >= 0.3 is 0 Å². The Morgan fingerprint density at radius 2 is 1.84 bits per heavy atom. The largest absolute Gasteiger partial charge is 0.369 e. The van der Waals surface area contributed by atoms with Crippen LogP contribution in [0.4, 0.5) is 10.2 Å². The van der Waals surface area contributed by atoms with Crippen LogP contribution in [-0.2, 0) is 11.2 Å². The number of amides is 1. The summed E-state index contributed by atoms with van der Waals surface area (Å²) in [5.74, 6) is -0.883. The SMILES string of the molecule is NC(=O)C(c1cccnc1)c1ccc(-c2ccccc2)nc1NCCc1cccc(F)c1. The van der Waals surface area contributed by atoms with Crippen molar-refractivity contribution in [2.24, 2.45) is 5.73 Å². The molecule has 2 heterocycles. The van der Waals surface area contributed by atoms with Crippen molar-refractivity contribution in [3.8, 4) is 11.3 Å². The summed E-state index contributed by atoms with van der Waals surface area (Å²) in [7, 11) is 0. The molecule has 3 N–H and O–H groups in total. The van der Waals surface area contributed by atoms with Gasteiger partial charge in [0.15, 0.2) is 0 Å². The third kappa shape index (κ3) is 4.98. The summed E-state index contributed by atoms with van der Waals surface area (Å²) in [6, 6.07) is 23.7. The van der Waals surface area contributed by atoms with Crippen molar-refractivity contribution < 1.29 is 9.18 Å². The van der Waals surface area contributed by atoms with Gasteiger partial charge in [0.1, 0.15) is 11.6 Å². The lowest BCUT2D eigenvalue weighted by Crippen LogP contribution is -2.24. The van der Waals surface area contributed by atoms with E-state index >= 15 is 0 Å². The first kappa shape index (κ1) is 21.2. The van der Waals surface area contributed by atoms with Crippen LogP contribution in [0.1, 0.15) is 22.6 Å². The minimum Gasteiger partial charge on any atom is -0.369 e. The van der Waals surface area contributed by atoms with Crippen molar-refractivity contribution in [2.45, 2.75) is 12.3 Å². The van der Waals surface area contributed by atoms with Crippen LogP contribution in [0.15, 0.2) is 91.3 Å². The number of pyridine rings is 2. The van der Waals surface area contributed by atoms with E-state index in [0.29, 0.717) is 29.9 Å². The highest BCUT2D eigenvalue weighted by molar-refractivity contribution is 5.87. The van der Waals surface area contributed by atoms with Crippen molar-refractivity contribution in [1.82, 2.24) is 9.97 Å². The zero-order chi connectivity index (χ0) is 22.3. The molecule has 5 nitrogen and oxygen atoms in total. The number of rotatable bonds is 8. The molecule has 0 spiro atoms. The fourth-order valence-electron chi connectivity index (χ4n) is 3.68. The van der Waals surface area contributed by atoms with Gasteiger partial charge in [-0.05, 0) is 41.8 Å². The van der Waals surface area contributed by atoms with Gasteiger partial charge in [0.05, 0.1) is 11.6 Å². The highest BCUT2D eigenvalue weighted by atomic mass is 19.1. The van der Waals surface area contributed by atoms with E-state index in [4.69, 9.17) is 10.7 Å². The van der Waals surface area contributed by atoms with E-state index in [9.17, 15) is 9.18 Å². The van der Waals surface area contributed by atoms with Gasteiger partial charge in [0.25, 0.3) is 0 Å². The van der Waals surface area contributed by atoms with Gasteiger partial charge in [-0.15, -0.1) is 0 Å². The number of hydrogen-bond donors (Lipinski definition) is 2. The molecule has 0 saturated carbocycles. The molecule has 2 aromatic heterocycles. The Labute approximate surface area is 186 Å². The molecule has 4 rings (SSSR count). The number of aromatic nitrogens is 2. The van der Waals surface area contributed by atoms with Crippen molar-refractivity contribution >= 4 is 11.7 Å². The molecule has 1 atom stereocenters. The lowest BCUT2D eigenvalue weighted by atomic mass is 9.91. The molecule has 0 fully saturated rings. The average Bonchev–Trinajstić information content (AvgIpc) is 2.81. The van der Waals surface area contributed by atoms with Gasteiger partial charge in [-0.2, -0.15) is 0 Å². The van der Waals surface area contributed by atoms with Gasteiger partial charge < -0.3 is 11.1 Å². The topological polar surface area (TPSA) is 80.9 Å². The van der Waals surface area contributed by atoms with Crippen LogP contribution in [0.3, 0.4) is 0 Å². The lowest BCUT2D eigenvalue weighted by Gasteiger charge is -2.19. The number of hydrogen-bond acceptors (Lipinski definition) is 4. The Kier molecular flexibility index (Phi) is 6.51. The van der Waals surface area contributed by atoms with E-state index in [1.54, 1.807) is 24.5 Å². The molecule has 0 aliphatic carbocycles. The molecule has 2 aromatic carbocycles. The van der Waals surface area contributed by atoms with Gasteiger partial charge in [-0.25, -0.2) is 9.37 Å². The van der Waals surface area contributed by atoms with Crippen LogP contribution < -0.4 is 11.1 Å². The Morgan fingerprint density at radius 3 is 2.56 bits per heavy atom. The molecule has 0 aliphatic rings. The second-order valence-corrected chi connectivity index (χ2v) is 7.43. The average molecular weight is 426 g/mol. The van der Waals surface area contributed by atoms with Crippen molar-refractivity contribution in [3.05, 3.63) is 114 Å². The number of anilines is 1. The maximum atomic E-state index is 13.5. The molecule has 4 aromatic rings. The predicted octanol–water partition coefficient (Wildman–Crippen LogP) is 4.55. The van der Waals surface area contributed by atoms with E-state index < -0.39 is 11.8 Å². The summed E-state index contributed by atoms with van der Waals surface area (Å²) in [4.78, 5) is 21.4. The molecule has 1 amide bonds. The monoisotopic (exact) mass is 426 g/mol. The van der Waals surface area contributed by atoms with Crippen LogP contribution >= 0.6 is 0 Å². The molecular formula is C26H23FN4O. The maximum Gasteiger partial charge on any atom is 0.229 e. The Hall–Kier alpha value is -4.06. The third-order valence-corrected chi connectivity index (χ3v) is 5.20. The highest BCUT2D eigenvalue weighted by Gasteiger charge is 2.24. The molecule has 0 bridgehead atoms. The first-order valence-electron chi connectivity index (χ1n) is 10.4. The number of carbonyl (C=O) groups excluding carboxylic acids is 1. The van der Waals surface area contributed by atoms with Crippen LogP contribution in [0.25, 0.3) is 11.3 Å². The number of primary amides is 1. The van der Waals surface area contributed by atoms with Crippen molar-refractivity contribution in [2.75, 3.05) is 11.9 Å². The molecule has 0 saturated heterocycles. The summed E-state index contributed by atoms with van der Waals surface area (Å²) in [6.07, 6.45) is 3.89. The number of nitrogens with zero attached hydrogens (tertiary/aromatic N) is 2. The van der Waals surface area contributed by atoms with E-state index in [2.05, 4.69) is 10.3 Å². The smallest absolute Gasteiger partial charge is 0.229 e. The first-order valence-corrected chi connectivity index (χ1v) is 10.4. The Balaban J connectivity index is 1.69. The van der Waals surface area contributed by atoms with Crippen molar-refractivity contribution in [1.29, 1.82) is 0 Å². The van der Waals surface area contributed by atoms with Gasteiger partial charge in [-0.1, -0.05) is 54.6 Å². The van der Waals surface area contributed by atoms with Crippen LogP contribution in [-0.4, -0.2) is 22.4 Å². The summed E-state index contributed by atoms with van der Waals surface area (Å²) in [6.45, 7) is 0.514. The minimum atomic E-state index is -0.697. The van der Waals surface area contributed by atoms with Crippen LogP contribution in [0, 0.1) is 5.82 Å². The van der Waals surface area contributed by atoms with Crippen LogP contribution in [0.2, 0.25) is 0 Å². The molecule has 1 unspecified atom stereocenters. The van der Waals surface area contributed by atoms with E-state index in [1.807, 2.05) is 54.6 Å². The second-order valence-electron chi connectivity index (χ2n) is 7.43. The second kappa shape index (κ2) is 9.83. The molecule has 32 heavy (non-hydrogen) atoms. The molecule has 6 heteroatoms. The van der Waals surface area contributed by atoms with Gasteiger partial charge in [0.2, 0.25) is 5.91 Å². The van der Waals surface area contributed by atoms with Crippen molar-refractivity contribution in [3.63, 3.8) is 0 Å². The first-order chi connectivity index (χ1) is 15.6. The van der Waals surface area contributed by atoms with Crippen LogP contribution in [0.5, 0.6) is 0 Å². The molecule has 0 radical (unpaired) electrons. The number of halogens is 1. The van der Waals surface area contributed by atoms with Gasteiger partial charge in [-0.3, -0.25) is 9.78 Å². The van der Waals surface area contributed by atoms with E-state index in [1.165, 1.54) is 12.1 Å². The maximum absolute atomic E-state index is 13.5. The number of carbonyl (C=O) groups is 1. The fraction of sp³-hybridized carbons (Fsp3) is 0.115. The number of benzene rings is 2. The summed E-state index contributed by atoms with van der Waals surface area (Å²) in [5.41, 5.74) is 9.77. The quantitative estimate of drug-likeness (QED) is 0.433. The molecule has 0 aliphatic heterocycles. The van der Waals surface area contributed by atoms with E-state index in [-0.39, 0.29) is 5.82 Å². The van der Waals surface area contributed by atoms with E-state index in [0.717, 1.165) is 16.8 Å². The minimum absolute atomic E-state index is 0.266. The summed E-state index contributed by atoms with van der Waals surface area (Å²) < 4.78 is 13.5. The molecule has 160 valence electrons. The fourth-order valence-corrected chi connectivity index (χ4v) is 3.68. The highest BCUT2D eigenvalue weighted by Crippen LogP contribution is 2.31. The third-order valence-electron chi connectivity index (χ3n) is 5.20. The molecular weight excluding hydrogens is 403 g/mol. The zero-order valence-corrected chi connectivity index (χ0v) is 17.4. The number of nitrogens with one attached hydrogen (secondary N) is 1. The predicted molar refractivity (Wildman–Crippen MR) is 124 cm³/mol. The lowest BCUT2D eigenvalue weighted by molar-refractivity contribution is -0.118.